The Kier molecular flexibility index (Phi) is 3.88. The van der Waals surface area contributed by atoms with Crippen LogP contribution in [0.4, 0.5) is 16.5 Å². The van der Waals surface area contributed by atoms with Gasteiger partial charge in [-0.2, -0.15) is 0 Å². The van der Waals surface area contributed by atoms with Crippen LogP contribution in [0.3, 0.4) is 0 Å². The van der Waals surface area contributed by atoms with E-state index in [4.69, 9.17) is 5.73 Å². The summed E-state index contributed by atoms with van der Waals surface area (Å²) in [5.41, 5.74) is 10.9. The largest absolute Gasteiger partial charge is 0.399 e. The summed E-state index contributed by atoms with van der Waals surface area (Å²) in [5.74, 6) is 0. The van der Waals surface area contributed by atoms with Crippen LogP contribution in [0, 0.1) is 0 Å². The minimum absolute atomic E-state index is 0.761. The van der Waals surface area contributed by atoms with Crippen LogP contribution < -0.4 is 11.1 Å². The Morgan fingerprint density at radius 2 is 1.76 bits per heavy atom. The number of hydrogen-bond acceptors (Lipinski definition) is 4. The van der Waals surface area contributed by atoms with Crippen LogP contribution in [-0.2, 0) is 6.42 Å². The number of nitrogens with zero attached hydrogens (tertiary/aromatic N) is 1. The number of nitrogen functional groups attached to an aromatic ring is 1. The highest BCUT2D eigenvalue weighted by Crippen LogP contribution is 2.27. The Balaban J connectivity index is 1.77. The maximum atomic E-state index is 5.68. The quantitative estimate of drug-likeness (QED) is 0.686. The van der Waals surface area contributed by atoms with Crippen molar-refractivity contribution >= 4 is 27.8 Å². The van der Waals surface area contributed by atoms with Crippen LogP contribution in [0.25, 0.3) is 11.3 Å². The molecular weight excluding hydrogens is 278 g/mol. The molecule has 0 atom stereocenters. The number of rotatable bonds is 4. The van der Waals surface area contributed by atoms with E-state index in [1.54, 1.807) is 11.3 Å². The number of thiazole rings is 1. The van der Waals surface area contributed by atoms with Crippen LogP contribution in [0.1, 0.15) is 12.5 Å². The molecule has 0 saturated heterocycles. The lowest BCUT2D eigenvalue weighted by Gasteiger charge is -2.02. The SMILES string of the molecule is CCc1ccc(-c2csc(Nc3ccc(N)cc3)n2)cc1. The molecule has 0 fully saturated rings. The number of nitrogens with one attached hydrogen (secondary N) is 1. The average molecular weight is 295 g/mol. The molecule has 4 heteroatoms. The molecule has 0 aliphatic carbocycles. The van der Waals surface area contributed by atoms with Gasteiger partial charge in [0.1, 0.15) is 0 Å². The molecule has 2 aromatic carbocycles. The molecule has 106 valence electrons. The smallest absolute Gasteiger partial charge is 0.187 e. The number of hydrogen-bond donors (Lipinski definition) is 2. The van der Waals surface area contributed by atoms with E-state index in [0.717, 1.165) is 34.2 Å². The molecule has 0 radical (unpaired) electrons. The second kappa shape index (κ2) is 5.97. The maximum Gasteiger partial charge on any atom is 0.187 e. The lowest BCUT2D eigenvalue weighted by Crippen LogP contribution is -1.90. The van der Waals surface area contributed by atoms with Crippen LogP contribution in [0.2, 0.25) is 0 Å². The zero-order chi connectivity index (χ0) is 14.7. The molecule has 0 bridgehead atoms. The van der Waals surface area contributed by atoms with Gasteiger partial charge in [-0.1, -0.05) is 31.2 Å². The first-order valence-corrected chi connectivity index (χ1v) is 7.80. The van der Waals surface area contributed by atoms with Gasteiger partial charge in [-0.05, 0) is 36.2 Å². The zero-order valence-electron chi connectivity index (χ0n) is 11.8. The van der Waals surface area contributed by atoms with E-state index < -0.39 is 0 Å². The molecule has 3 N–H and O–H groups in total. The first-order valence-electron chi connectivity index (χ1n) is 6.92. The minimum Gasteiger partial charge on any atom is -0.399 e. The summed E-state index contributed by atoms with van der Waals surface area (Å²) in [6.07, 6.45) is 1.06. The van der Waals surface area contributed by atoms with Crippen molar-refractivity contribution < 1.29 is 0 Å². The highest BCUT2D eigenvalue weighted by molar-refractivity contribution is 7.14. The average Bonchev–Trinajstić information content (AvgIpc) is 2.98. The van der Waals surface area contributed by atoms with E-state index in [9.17, 15) is 0 Å². The van der Waals surface area contributed by atoms with Crippen LogP contribution in [-0.4, -0.2) is 4.98 Å². The fraction of sp³-hybridized carbons (Fsp3) is 0.118. The standard InChI is InChI=1S/C17H17N3S/c1-2-12-3-5-13(6-4-12)16-11-21-17(20-16)19-15-9-7-14(18)8-10-15/h3-11H,2,18H2,1H3,(H,19,20). The predicted molar refractivity (Wildman–Crippen MR) is 91.1 cm³/mol. The van der Waals surface area contributed by atoms with Crippen molar-refractivity contribution in [3.8, 4) is 11.3 Å². The van der Waals surface area contributed by atoms with Gasteiger partial charge in [-0.15, -0.1) is 11.3 Å². The van der Waals surface area contributed by atoms with Gasteiger partial charge in [0.2, 0.25) is 0 Å². The monoisotopic (exact) mass is 295 g/mol. The Morgan fingerprint density at radius 3 is 2.43 bits per heavy atom. The Hall–Kier alpha value is -2.33. The van der Waals surface area contributed by atoms with Crippen LogP contribution in [0.5, 0.6) is 0 Å². The van der Waals surface area contributed by atoms with E-state index in [1.165, 1.54) is 5.56 Å². The molecular formula is C17H17N3S. The number of nitrogens with two attached hydrogens (primary N) is 1. The molecule has 0 amide bonds. The Labute approximate surface area is 128 Å². The normalized spacial score (nSPS) is 10.5. The lowest BCUT2D eigenvalue weighted by atomic mass is 10.1. The molecule has 1 aromatic heterocycles. The number of aryl methyl sites for hydroxylation is 1. The summed E-state index contributed by atoms with van der Waals surface area (Å²) in [7, 11) is 0. The van der Waals surface area contributed by atoms with Crippen molar-refractivity contribution in [3.63, 3.8) is 0 Å². The second-order valence-electron chi connectivity index (χ2n) is 4.84. The molecule has 3 nitrogen and oxygen atoms in total. The van der Waals surface area contributed by atoms with Crippen molar-refractivity contribution in [2.24, 2.45) is 0 Å². The molecule has 0 aliphatic heterocycles. The van der Waals surface area contributed by atoms with Gasteiger partial charge in [0, 0.05) is 22.3 Å². The predicted octanol–water partition coefficient (Wildman–Crippen LogP) is 4.70. The highest BCUT2D eigenvalue weighted by Gasteiger charge is 2.05. The lowest BCUT2D eigenvalue weighted by molar-refractivity contribution is 1.14. The zero-order valence-corrected chi connectivity index (χ0v) is 12.7. The van der Waals surface area contributed by atoms with Gasteiger partial charge in [-0.3, -0.25) is 0 Å². The fourth-order valence-corrected chi connectivity index (χ4v) is 2.80. The Morgan fingerprint density at radius 1 is 1.05 bits per heavy atom. The van der Waals surface area contributed by atoms with E-state index >= 15 is 0 Å². The third-order valence-electron chi connectivity index (χ3n) is 3.32. The van der Waals surface area contributed by atoms with E-state index in [2.05, 4.69) is 46.9 Å². The van der Waals surface area contributed by atoms with Crippen molar-refractivity contribution in [1.82, 2.24) is 4.98 Å². The van der Waals surface area contributed by atoms with E-state index in [1.807, 2.05) is 24.3 Å². The Bertz CT molecular complexity index is 715. The van der Waals surface area contributed by atoms with Gasteiger partial charge in [0.05, 0.1) is 5.69 Å². The topological polar surface area (TPSA) is 50.9 Å². The van der Waals surface area contributed by atoms with Gasteiger partial charge in [0.15, 0.2) is 5.13 Å². The first-order chi connectivity index (χ1) is 10.2. The van der Waals surface area contributed by atoms with Crippen LogP contribution >= 0.6 is 11.3 Å². The molecule has 0 spiro atoms. The third-order valence-corrected chi connectivity index (χ3v) is 4.08. The van der Waals surface area contributed by atoms with Gasteiger partial charge < -0.3 is 11.1 Å². The van der Waals surface area contributed by atoms with Crippen molar-refractivity contribution in [3.05, 3.63) is 59.5 Å². The maximum absolute atomic E-state index is 5.68. The number of anilines is 3. The summed E-state index contributed by atoms with van der Waals surface area (Å²) in [6.45, 7) is 2.16. The molecule has 0 saturated carbocycles. The summed E-state index contributed by atoms with van der Waals surface area (Å²) in [4.78, 5) is 4.63. The minimum atomic E-state index is 0.761. The summed E-state index contributed by atoms with van der Waals surface area (Å²) in [5, 5.41) is 6.25. The molecule has 1 heterocycles. The van der Waals surface area contributed by atoms with Crippen molar-refractivity contribution in [1.29, 1.82) is 0 Å². The summed E-state index contributed by atoms with van der Waals surface area (Å²) in [6, 6.07) is 16.2. The summed E-state index contributed by atoms with van der Waals surface area (Å²) >= 11 is 1.60. The molecule has 21 heavy (non-hydrogen) atoms. The first kappa shape index (κ1) is 13.6. The molecule has 0 aliphatic rings. The van der Waals surface area contributed by atoms with E-state index in [-0.39, 0.29) is 0 Å². The van der Waals surface area contributed by atoms with Gasteiger partial charge in [0.25, 0.3) is 0 Å². The van der Waals surface area contributed by atoms with Gasteiger partial charge >= 0.3 is 0 Å². The fourth-order valence-electron chi connectivity index (χ4n) is 2.06. The second-order valence-corrected chi connectivity index (χ2v) is 5.69. The van der Waals surface area contributed by atoms with Crippen molar-refractivity contribution in [2.45, 2.75) is 13.3 Å². The van der Waals surface area contributed by atoms with Crippen molar-refractivity contribution in [2.75, 3.05) is 11.1 Å². The highest BCUT2D eigenvalue weighted by atomic mass is 32.1. The number of aromatic nitrogens is 1. The molecule has 0 unspecified atom stereocenters. The summed E-state index contributed by atoms with van der Waals surface area (Å²) < 4.78 is 0. The van der Waals surface area contributed by atoms with Gasteiger partial charge in [-0.25, -0.2) is 4.98 Å². The third kappa shape index (κ3) is 3.23. The molecule has 3 rings (SSSR count). The number of benzene rings is 2. The molecule has 3 aromatic rings. The van der Waals surface area contributed by atoms with E-state index in [0.29, 0.717) is 0 Å². The van der Waals surface area contributed by atoms with Crippen LogP contribution in [0.15, 0.2) is 53.9 Å².